The van der Waals surface area contributed by atoms with Crippen LogP contribution < -0.4 is 0 Å². The zero-order valence-electron chi connectivity index (χ0n) is 47.4. The van der Waals surface area contributed by atoms with E-state index in [1.165, 1.54) is 28.7 Å². The minimum absolute atomic E-state index is 0.0552. The van der Waals surface area contributed by atoms with Crippen molar-refractivity contribution < 1.29 is 0 Å². The van der Waals surface area contributed by atoms with Crippen LogP contribution in [0.2, 0.25) is 0 Å². The van der Waals surface area contributed by atoms with Crippen LogP contribution in [-0.4, -0.2) is 72.8 Å². The third kappa shape index (κ3) is 12.9. The lowest BCUT2D eigenvalue weighted by atomic mass is 9.86. The van der Waals surface area contributed by atoms with E-state index in [4.69, 9.17) is 0 Å². The average molecular weight is 976 g/mol. The van der Waals surface area contributed by atoms with E-state index in [0.717, 1.165) is 56.1 Å². The van der Waals surface area contributed by atoms with Gasteiger partial charge in [0, 0.05) is 78.6 Å². The maximum atomic E-state index is 4.62. The van der Waals surface area contributed by atoms with Crippen LogP contribution >= 0.6 is 0 Å². The summed E-state index contributed by atoms with van der Waals surface area (Å²) in [7, 11) is 5.89. The van der Waals surface area contributed by atoms with Gasteiger partial charge in [0.1, 0.15) is 29.6 Å². The molecule has 15 nitrogen and oxygen atoms in total. The molecule has 384 valence electrons. The molecule has 0 aliphatic carbocycles. The van der Waals surface area contributed by atoms with Crippen molar-refractivity contribution in [3.8, 4) is 0 Å². The van der Waals surface area contributed by atoms with Crippen LogP contribution in [0.1, 0.15) is 157 Å². The molecule has 0 unspecified atom stereocenters. The van der Waals surface area contributed by atoms with Gasteiger partial charge in [0.25, 0.3) is 5.78 Å². The molecular weight excluding hydrogens is 895 g/mol. The molecule has 0 fully saturated rings. The van der Waals surface area contributed by atoms with E-state index in [0.29, 0.717) is 5.78 Å². The smallest absolute Gasteiger partial charge is 0.252 e. The highest BCUT2D eigenvalue weighted by Crippen LogP contribution is 2.31. The van der Waals surface area contributed by atoms with Gasteiger partial charge in [-0.15, -0.1) is 0 Å². The average Bonchev–Trinajstić information content (AvgIpc) is 4.16. The van der Waals surface area contributed by atoms with Crippen molar-refractivity contribution in [3.63, 3.8) is 0 Å². The Morgan fingerprint density at radius 1 is 0.500 bits per heavy atom. The van der Waals surface area contributed by atoms with Gasteiger partial charge in [0.05, 0.1) is 35.1 Å². The number of fused-ring (bicyclic) bond motifs is 5. The summed E-state index contributed by atoms with van der Waals surface area (Å²) in [6.07, 6.45) is 14.7. The lowest BCUT2D eigenvalue weighted by Crippen LogP contribution is -2.18. The Morgan fingerprint density at radius 3 is 1.74 bits per heavy atom. The molecule has 0 N–H and O–H groups in total. The number of aromatic nitrogens is 15. The Morgan fingerprint density at radius 2 is 1.12 bits per heavy atom. The van der Waals surface area contributed by atoms with Gasteiger partial charge in [-0.05, 0) is 72.2 Å². The molecule has 15 heteroatoms. The monoisotopic (exact) mass is 976 g/mol. The van der Waals surface area contributed by atoms with Gasteiger partial charge < -0.3 is 13.5 Å². The van der Waals surface area contributed by atoms with Gasteiger partial charge in [0.2, 0.25) is 0 Å². The van der Waals surface area contributed by atoms with Crippen LogP contribution in [0.5, 0.6) is 0 Å². The van der Waals surface area contributed by atoms with E-state index in [-0.39, 0.29) is 27.1 Å². The van der Waals surface area contributed by atoms with E-state index in [2.05, 4.69) is 201 Å². The minimum atomic E-state index is 0.0552. The fourth-order valence-corrected chi connectivity index (χ4v) is 8.22. The molecule has 10 aromatic heterocycles. The number of imidazole rings is 2. The van der Waals surface area contributed by atoms with Crippen LogP contribution in [0.4, 0.5) is 0 Å². The molecule has 0 atom stereocenters. The first kappa shape index (κ1) is 56.0. The first-order chi connectivity index (χ1) is 33.5. The summed E-state index contributed by atoms with van der Waals surface area (Å²) in [6.45, 7) is 40.8. The molecule has 0 bridgehead atoms. The van der Waals surface area contributed by atoms with Gasteiger partial charge in [-0.25, -0.2) is 39.4 Å². The summed E-state index contributed by atoms with van der Waals surface area (Å²) < 4.78 is 9.72. The molecule has 0 radical (unpaired) electrons. The minimum Gasteiger partial charge on any atom is -0.335 e. The van der Waals surface area contributed by atoms with Crippen molar-refractivity contribution in [2.24, 2.45) is 21.1 Å². The maximum Gasteiger partial charge on any atom is 0.252 e. The normalized spacial score (nSPS) is 12.0. The molecular formula is C57H81N15. The Bertz CT molecular complexity index is 3140. The molecule has 0 aromatic carbocycles. The first-order valence-electron chi connectivity index (χ1n) is 24.9. The predicted molar refractivity (Wildman–Crippen MR) is 296 cm³/mol. The van der Waals surface area contributed by atoms with Crippen molar-refractivity contribution in [2.45, 2.75) is 159 Å². The number of pyridine rings is 3. The highest BCUT2D eigenvalue weighted by atomic mass is 15.3. The quantitative estimate of drug-likeness (QED) is 0.143. The molecule has 10 heterocycles. The molecule has 0 aliphatic rings. The first-order valence-corrected chi connectivity index (χ1v) is 24.9. The number of hydrogen-bond acceptors (Lipinski definition) is 10. The summed E-state index contributed by atoms with van der Waals surface area (Å²) in [6, 6.07) is 14.5. The van der Waals surface area contributed by atoms with E-state index in [1.807, 2.05) is 99.8 Å². The second-order valence-corrected chi connectivity index (χ2v) is 23.1. The highest BCUT2D eigenvalue weighted by Gasteiger charge is 2.23. The van der Waals surface area contributed by atoms with Crippen LogP contribution in [-0.2, 0) is 48.2 Å². The summed E-state index contributed by atoms with van der Waals surface area (Å²) in [4.78, 5) is 34.7. The summed E-state index contributed by atoms with van der Waals surface area (Å²) in [5, 5.41) is 10.7. The molecule has 0 saturated heterocycles. The summed E-state index contributed by atoms with van der Waals surface area (Å²) >= 11 is 0. The fraction of sp³-hybridized carbons (Fsp3) is 0.474. The van der Waals surface area contributed by atoms with Gasteiger partial charge in [-0.3, -0.25) is 4.68 Å². The van der Waals surface area contributed by atoms with Crippen molar-refractivity contribution in [3.05, 3.63) is 132 Å². The molecule has 0 amide bonds. The zero-order valence-corrected chi connectivity index (χ0v) is 47.4. The lowest BCUT2D eigenvalue weighted by molar-refractivity contribution is 0.545. The number of rotatable bonds is 0. The standard InChI is InChI=1S/C12H16N2.3C11H15N3.C10H14N4.C2H6/c1-9-13-11(12(2,3)4)10-7-5-6-8-14(9)10;1-11(2,3)9-5-6-12-10-8(9)7-13-14(10)4;1-11(2,3)8-5-6-12-10-9(8)13-7-14(10)4;1-11(2,3)9-8-5-6-14(4)10(8)13-7-12-9;1-7-5-8(10(2,3)4)14-9(13-7)11-6-12-14;1-2/h5-8H,1-4H3;3*5-7H,1-4H3;5-6H,1-4H3;1-2H3. The van der Waals surface area contributed by atoms with Crippen LogP contribution in [0, 0.1) is 13.8 Å². The number of hydrogen-bond donors (Lipinski definition) is 0. The molecule has 0 spiro atoms. The Balaban J connectivity index is 0.000000166. The third-order valence-corrected chi connectivity index (χ3v) is 11.8. The van der Waals surface area contributed by atoms with Crippen molar-refractivity contribution >= 4 is 44.5 Å². The Labute approximate surface area is 427 Å². The maximum absolute atomic E-state index is 4.62. The van der Waals surface area contributed by atoms with Crippen LogP contribution in [0.15, 0.2) is 92.4 Å². The molecule has 10 rings (SSSR count). The topological polar surface area (TPSA) is 153 Å². The van der Waals surface area contributed by atoms with E-state index in [1.54, 1.807) is 10.8 Å². The van der Waals surface area contributed by atoms with Crippen molar-refractivity contribution in [1.29, 1.82) is 0 Å². The van der Waals surface area contributed by atoms with E-state index < -0.39 is 0 Å². The number of aryl methyl sites for hydroxylation is 5. The summed E-state index contributed by atoms with van der Waals surface area (Å²) in [5.41, 5.74) is 12.6. The second-order valence-electron chi connectivity index (χ2n) is 23.1. The zero-order chi connectivity index (χ0) is 53.7. The van der Waals surface area contributed by atoms with Crippen molar-refractivity contribution in [1.82, 2.24) is 72.8 Å². The second kappa shape index (κ2) is 21.8. The third-order valence-electron chi connectivity index (χ3n) is 11.8. The van der Waals surface area contributed by atoms with E-state index >= 15 is 0 Å². The van der Waals surface area contributed by atoms with Gasteiger partial charge >= 0.3 is 0 Å². The van der Waals surface area contributed by atoms with Gasteiger partial charge in [0.15, 0.2) is 11.3 Å². The van der Waals surface area contributed by atoms with Crippen LogP contribution in [0.25, 0.3) is 44.5 Å². The van der Waals surface area contributed by atoms with Crippen molar-refractivity contribution in [2.75, 3.05) is 0 Å². The van der Waals surface area contributed by atoms with Gasteiger partial charge in [-0.1, -0.05) is 124 Å². The Kier molecular flexibility index (Phi) is 17.0. The highest BCUT2D eigenvalue weighted by molar-refractivity contribution is 5.80. The SMILES string of the molecule is CC.Cc1cc(C(C)(C)C)n2ncnc2n1.Cc1nc(C(C)(C)C)c2ccccn12.Cn1ccc2c(C(C)(C)C)ncnc21.Cn1cnc2c(C(C)(C)C)ccnc21.Cn1ncc2c(C(C)(C)C)ccnc21. The molecule has 10 aromatic rings. The number of nitrogens with zero attached hydrogens (tertiary/aromatic N) is 15. The lowest BCUT2D eigenvalue weighted by Gasteiger charge is -2.19. The Hall–Kier alpha value is -6.90. The largest absolute Gasteiger partial charge is 0.335 e. The van der Waals surface area contributed by atoms with Crippen LogP contribution in [0.3, 0.4) is 0 Å². The van der Waals surface area contributed by atoms with Gasteiger partial charge in [-0.2, -0.15) is 15.2 Å². The van der Waals surface area contributed by atoms with E-state index in [9.17, 15) is 0 Å². The summed E-state index contributed by atoms with van der Waals surface area (Å²) in [5.74, 6) is 1.74. The fourth-order valence-electron chi connectivity index (χ4n) is 8.22. The molecule has 72 heavy (non-hydrogen) atoms. The molecule has 0 saturated carbocycles. The predicted octanol–water partition coefficient (Wildman–Crippen LogP) is 12.5. The molecule has 0 aliphatic heterocycles.